The smallest absolute Gasteiger partial charge is 0.270 e. The Kier molecular flexibility index (Phi) is 4.60. The molecule has 1 aromatic carbocycles. The molecule has 1 atom stereocenters. The third kappa shape index (κ3) is 3.39. The second-order valence-electron chi connectivity index (χ2n) is 5.74. The summed E-state index contributed by atoms with van der Waals surface area (Å²) >= 11 is 5.45. The van der Waals surface area contributed by atoms with Crippen molar-refractivity contribution in [2.45, 2.75) is 25.3 Å². The summed E-state index contributed by atoms with van der Waals surface area (Å²) in [5, 5.41) is 0.403. The van der Waals surface area contributed by atoms with Gasteiger partial charge < -0.3 is 9.64 Å². The van der Waals surface area contributed by atoms with Crippen molar-refractivity contribution < 1.29 is 9.53 Å². The number of benzene rings is 1. The molecule has 2 heterocycles. The number of pyridine rings is 1. The average Bonchev–Trinajstić information content (AvgIpc) is 2.92. The minimum Gasteiger partial charge on any atom is -0.494 e. The Bertz CT molecular complexity index is 689. The lowest BCUT2D eigenvalue weighted by Crippen LogP contribution is -2.26. The van der Waals surface area contributed by atoms with Crippen molar-refractivity contribution in [3.8, 4) is 5.75 Å². The van der Waals surface area contributed by atoms with Crippen LogP contribution in [0.2, 0.25) is 0 Å². The third-order valence-corrected chi connectivity index (χ3v) is 4.45. The van der Waals surface area contributed by atoms with Crippen LogP contribution < -0.4 is 4.74 Å². The molecule has 116 valence electrons. The van der Waals surface area contributed by atoms with Crippen LogP contribution >= 0.6 is 11.6 Å². The fraction of sp³-hybridized carbons (Fsp3) is 0.412. The standard InChI is InChI=1S/C17H19ClN2O2/c1-20-9-2-3-13(20)8-10-22-14-5-7-15-12(11-14)4-6-16(19-15)17(18)21/h4-7,11,13H,2-3,8-10H2,1H3. The van der Waals surface area contributed by atoms with E-state index in [0.717, 1.165) is 23.1 Å². The molecule has 3 rings (SSSR count). The van der Waals surface area contributed by atoms with Gasteiger partial charge in [0.05, 0.1) is 12.1 Å². The van der Waals surface area contributed by atoms with Crippen LogP contribution in [0.15, 0.2) is 30.3 Å². The van der Waals surface area contributed by atoms with Gasteiger partial charge in [-0.2, -0.15) is 0 Å². The summed E-state index contributed by atoms with van der Waals surface area (Å²) < 4.78 is 5.85. The predicted molar refractivity (Wildman–Crippen MR) is 87.7 cm³/mol. The minimum atomic E-state index is -0.539. The van der Waals surface area contributed by atoms with Crippen molar-refractivity contribution in [1.29, 1.82) is 0 Å². The zero-order chi connectivity index (χ0) is 15.5. The summed E-state index contributed by atoms with van der Waals surface area (Å²) in [6.07, 6.45) is 3.59. The number of halogens is 1. The van der Waals surface area contributed by atoms with Gasteiger partial charge in [0.15, 0.2) is 0 Å². The zero-order valence-corrected chi connectivity index (χ0v) is 13.3. The molecule has 0 N–H and O–H groups in total. The Morgan fingerprint density at radius 1 is 1.41 bits per heavy atom. The summed E-state index contributed by atoms with van der Waals surface area (Å²) in [5.41, 5.74) is 1.02. The van der Waals surface area contributed by atoms with Crippen LogP contribution in [0.3, 0.4) is 0 Å². The number of carbonyl (C=O) groups excluding carboxylic acids is 1. The van der Waals surface area contributed by atoms with E-state index in [1.54, 1.807) is 6.07 Å². The van der Waals surface area contributed by atoms with E-state index in [1.807, 2.05) is 24.3 Å². The first kappa shape index (κ1) is 15.3. The summed E-state index contributed by atoms with van der Waals surface area (Å²) in [6.45, 7) is 1.90. The molecule has 0 amide bonds. The summed E-state index contributed by atoms with van der Waals surface area (Å²) in [7, 11) is 2.18. The number of hydrogen-bond acceptors (Lipinski definition) is 4. The van der Waals surface area contributed by atoms with Gasteiger partial charge in [-0.05, 0) is 68.7 Å². The molecule has 1 fully saturated rings. The van der Waals surface area contributed by atoms with E-state index in [2.05, 4.69) is 16.9 Å². The van der Waals surface area contributed by atoms with Crippen LogP contribution in [0.4, 0.5) is 0 Å². The van der Waals surface area contributed by atoms with Crippen molar-refractivity contribution >= 4 is 27.7 Å². The molecule has 0 spiro atoms. The second kappa shape index (κ2) is 6.63. The van der Waals surface area contributed by atoms with Gasteiger partial charge in [0, 0.05) is 11.4 Å². The van der Waals surface area contributed by atoms with Gasteiger partial charge in [-0.25, -0.2) is 4.98 Å². The molecular formula is C17H19ClN2O2. The van der Waals surface area contributed by atoms with E-state index in [4.69, 9.17) is 16.3 Å². The summed E-state index contributed by atoms with van der Waals surface area (Å²) in [5.74, 6) is 0.833. The molecule has 1 aromatic heterocycles. The fourth-order valence-electron chi connectivity index (χ4n) is 2.96. The average molecular weight is 319 g/mol. The van der Waals surface area contributed by atoms with Crippen molar-refractivity contribution in [2.75, 3.05) is 20.2 Å². The highest BCUT2D eigenvalue weighted by atomic mass is 35.5. The van der Waals surface area contributed by atoms with Crippen molar-refractivity contribution in [3.05, 3.63) is 36.0 Å². The Labute approximate surface area is 135 Å². The van der Waals surface area contributed by atoms with Gasteiger partial charge in [-0.1, -0.05) is 6.07 Å². The number of rotatable bonds is 5. The topological polar surface area (TPSA) is 42.4 Å². The fourth-order valence-corrected chi connectivity index (χ4v) is 3.06. The number of fused-ring (bicyclic) bond motifs is 1. The molecule has 1 aliphatic rings. The highest BCUT2D eigenvalue weighted by Crippen LogP contribution is 2.22. The van der Waals surface area contributed by atoms with Gasteiger partial charge in [-0.3, -0.25) is 4.79 Å². The first-order valence-electron chi connectivity index (χ1n) is 7.57. The van der Waals surface area contributed by atoms with E-state index < -0.39 is 5.24 Å². The van der Waals surface area contributed by atoms with Gasteiger partial charge in [0.1, 0.15) is 11.4 Å². The molecule has 2 aromatic rings. The van der Waals surface area contributed by atoms with Crippen LogP contribution in [0.25, 0.3) is 10.9 Å². The molecule has 0 aliphatic carbocycles. The zero-order valence-electron chi connectivity index (χ0n) is 12.6. The number of hydrogen-bond donors (Lipinski definition) is 0. The molecule has 0 saturated carbocycles. The minimum absolute atomic E-state index is 0.270. The normalized spacial score (nSPS) is 18.7. The van der Waals surface area contributed by atoms with Crippen molar-refractivity contribution in [3.63, 3.8) is 0 Å². The maximum Gasteiger partial charge on any atom is 0.270 e. The Balaban J connectivity index is 1.64. The molecule has 1 saturated heterocycles. The first-order chi connectivity index (χ1) is 10.6. The maximum absolute atomic E-state index is 11.1. The number of nitrogens with zero attached hydrogens (tertiary/aromatic N) is 2. The predicted octanol–water partition coefficient (Wildman–Crippen LogP) is 3.48. The molecule has 1 unspecified atom stereocenters. The Hall–Kier alpha value is -1.65. The lowest BCUT2D eigenvalue weighted by Gasteiger charge is -2.19. The van der Waals surface area contributed by atoms with E-state index >= 15 is 0 Å². The quantitative estimate of drug-likeness (QED) is 0.792. The highest BCUT2D eigenvalue weighted by molar-refractivity contribution is 6.67. The van der Waals surface area contributed by atoms with E-state index in [1.165, 1.54) is 19.4 Å². The van der Waals surface area contributed by atoms with Gasteiger partial charge >= 0.3 is 0 Å². The molecule has 4 nitrogen and oxygen atoms in total. The maximum atomic E-state index is 11.1. The van der Waals surface area contributed by atoms with Crippen LogP contribution in [0.5, 0.6) is 5.75 Å². The van der Waals surface area contributed by atoms with E-state index in [-0.39, 0.29) is 5.69 Å². The number of ether oxygens (including phenoxy) is 1. The summed E-state index contributed by atoms with van der Waals surface area (Å²) in [4.78, 5) is 17.8. The van der Waals surface area contributed by atoms with Crippen molar-refractivity contribution in [1.82, 2.24) is 9.88 Å². The molecular weight excluding hydrogens is 300 g/mol. The van der Waals surface area contributed by atoms with Gasteiger partial charge in [0.25, 0.3) is 5.24 Å². The largest absolute Gasteiger partial charge is 0.494 e. The molecule has 0 bridgehead atoms. The highest BCUT2D eigenvalue weighted by Gasteiger charge is 2.20. The number of carbonyl (C=O) groups is 1. The SMILES string of the molecule is CN1CCCC1CCOc1ccc2nc(C(=O)Cl)ccc2c1. The summed E-state index contributed by atoms with van der Waals surface area (Å²) in [6, 6.07) is 9.80. The van der Waals surface area contributed by atoms with Crippen LogP contribution in [-0.4, -0.2) is 41.4 Å². The van der Waals surface area contributed by atoms with Gasteiger partial charge in [-0.15, -0.1) is 0 Å². The molecule has 0 radical (unpaired) electrons. The second-order valence-corrected chi connectivity index (χ2v) is 6.08. The lowest BCUT2D eigenvalue weighted by atomic mass is 10.1. The first-order valence-corrected chi connectivity index (χ1v) is 7.95. The molecule has 22 heavy (non-hydrogen) atoms. The third-order valence-electron chi connectivity index (χ3n) is 4.25. The van der Waals surface area contributed by atoms with Crippen LogP contribution in [0.1, 0.15) is 29.8 Å². The Morgan fingerprint density at radius 3 is 3.00 bits per heavy atom. The van der Waals surface area contributed by atoms with Gasteiger partial charge in [0.2, 0.25) is 0 Å². The molecule has 1 aliphatic heterocycles. The number of likely N-dealkylation sites (tertiary alicyclic amines) is 1. The van der Waals surface area contributed by atoms with Crippen LogP contribution in [0, 0.1) is 0 Å². The Morgan fingerprint density at radius 2 is 2.27 bits per heavy atom. The van der Waals surface area contributed by atoms with E-state index in [9.17, 15) is 4.79 Å². The molecule has 5 heteroatoms. The number of aromatic nitrogens is 1. The monoisotopic (exact) mass is 318 g/mol. The lowest BCUT2D eigenvalue weighted by molar-refractivity contribution is 0.107. The van der Waals surface area contributed by atoms with Crippen molar-refractivity contribution in [2.24, 2.45) is 0 Å². The van der Waals surface area contributed by atoms with Crippen LogP contribution in [-0.2, 0) is 0 Å². The van der Waals surface area contributed by atoms with E-state index in [0.29, 0.717) is 12.6 Å².